The molecular weight excluding hydrogens is 548 g/mol. The molecule has 0 amide bonds. The highest BCUT2D eigenvalue weighted by Gasteiger charge is 2.80. The molecule has 0 aromatic heterocycles. The van der Waals surface area contributed by atoms with Gasteiger partial charge >= 0.3 is 0 Å². The van der Waals surface area contributed by atoms with Crippen LogP contribution in [0.5, 0.6) is 0 Å². The Balaban J connectivity index is 1.17. The number of aliphatic hydroxyl groups excluding tert-OH is 3. The van der Waals surface area contributed by atoms with Gasteiger partial charge in [0.2, 0.25) is 0 Å². The van der Waals surface area contributed by atoms with Crippen LogP contribution in [0, 0.1) is 45.3 Å². The summed E-state index contributed by atoms with van der Waals surface area (Å²) in [4.78, 5) is 0. The molecule has 7 rings (SSSR count). The molecule has 43 heavy (non-hydrogen) atoms. The number of aliphatic hydroxyl groups is 4. The van der Waals surface area contributed by atoms with Crippen molar-refractivity contribution >= 4 is 0 Å². The Labute approximate surface area is 257 Å². The van der Waals surface area contributed by atoms with Crippen LogP contribution in [0.2, 0.25) is 0 Å². The lowest BCUT2D eigenvalue weighted by Crippen LogP contribution is -2.67. The molecule has 8 nitrogen and oxygen atoms in total. The first kappa shape index (κ1) is 31.0. The topological polar surface area (TPSA) is 118 Å². The van der Waals surface area contributed by atoms with Gasteiger partial charge in [-0.1, -0.05) is 39.3 Å². The van der Waals surface area contributed by atoms with Crippen molar-refractivity contribution in [2.24, 2.45) is 45.3 Å². The molecule has 7 fully saturated rings. The second-order valence-electron chi connectivity index (χ2n) is 17.4. The van der Waals surface area contributed by atoms with Crippen molar-refractivity contribution in [3.05, 3.63) is 11.6 Å². The smallest absolute Gasteiger partial charge is 0.186 e. The van der Waals surface area contributed by atoms with Crippen LogP contribution in [0.15, 0.2) is 11.6 Å². The molecule has 15 atom stereocenters. The second-order valence-corrected chi connectivity index (χ2v) is 17.4. The van der Waals surface area contributed by atoms with E-state index in [-0.39, 0.29) is 46.4 Å². The first-order chi connectivity index (χ1) is 20.0. The zero-order valence-electron chi connectivity index (χ0n) is 27.3. The molecule has 4 saturated carbocycles. The zero-order chi connectivity index (χ0) is 31.0. The lowest BCUT2D eigenvalue weighted by Gasteiger charge is -2.70. The van der Waals surface area contributed by atoms with E-state index in [1.165, 1.54) is 5.57 Å². The van der Waals surface area contributed by atoms with E-state index in [1.54, 1.807) is 0 Å². The van der Waals surface area contributed by atoms with E-state index in [9.17, 15) is 20.4 Å². The molecule has 3 saturated heterocycles. The Bertz CT molecular complexity index is 1150. The monoisotopic (exact) mass is 604 g/mol. The Morgan fingerprint density at radius 2 is 1.65 bits per heavy atom. The molecule has 7 aliphatic rings. The molecule has 0 unspecified atom stereocenters. The summed E-state index contributed by atoms with van der Waals surface area (Å²) in [6.07, 6.45) is 5.20. The van der Waals surface area contributed by atoms with Crippen LogP contribution < -0.4 is 0 Å². The largest absolute Gasteiger partial charge is 0.390 e. The summed E-state index contributed by atoms with van der Waals surface area (Å²) in [5.74, 6) is 0.645. The highest BCUT2D eigenvalue weighted by atomic mass is 16.7. The van der Waals surface area contributed by atoms with Crippen LogP contribution >= 0.6 is 0 Å². The molecule has 0 radical (unpaired) electrons. The predicted molar refractivity (Wildman–Crippen MR) is 160 cm³/mol. The maximum atomic E-state index is 12.0. The Morgan fingerprint density at radius 3 is 2.37 bits per heavy atom. The standard InChI is InChI=1S/C35H56O8/c1-19(2)14-20-15-33(7,39)28-21-8-9-24-31(5)12-11-25(42-29-27(38)26(37)22(36)16-40-29)30(3,4)23(31)10-13-32(24,6)34(21)17-35(28,43-20)41-18-34/h14,20-29,36-39H,8-13,15-18H2,1-7H3/t20-,21-,22-,23-,24+,25-,26-,27+,28-,29-,31-,32+,33-,34-,35-/m0/s1. The minimum Gasteiger partial charge on any atom is -0.390 e. The molecule has 3 heterocycles. The Hall–Kier alpha value is -0.580. The molecule has 8 heteroatoms. The minimum atomic E-state index is -1.27. The van der Waals surface area contributed by atoms with Gasteiger partial charge in [0.25, 0.3) is 0 Å². The fourth-order valence-corrected chi connectivity index (χ4v) is 12.9. The molecule has 4 aliphatic carbocycles. The van der Waals surface area contributed by atoms with Gasteiger partial charge in [-0.3, -0.25) is 0 Å². The average molecular weight is 605 g/mol. The summed E-state index contributed by atoms with van der Waals surface area (Å²) in [7, 11) is 0. The van der Waals surface area contributed by atoms with Crippen molar-refractivity contribution in [2.45, 2.75) is 148 Å². The van der Waals surface area contributed by atoms with Crippen molar-refractivity contribution in [1.29, 1.82) is 0 Å². The van der Waals surface area contributed by atoms with Gasteiger partial charge in [-0.25, -0.2) is 0 Å². The SMILES string of the molecule is CC(C)=C[C@H]1C[C@](C)(O)[C@@H]2[C@@H]3CC[C@@H]4[C@@]5(C)CC[C@H](O[C@@H]6OC[C@H](O)[C@H](O)[C@H]6O)C(C)(C)[C@@H]5CC[C@@]4(C)[C@@]34CO[C@@]2(C4)O1. The van der Waals surface area contributed by atoms with Crippen molar-refractivity contribution in [2.75, 3.05) is 13.2 Å². The molecule has 244 valence electrons. The van der Waals surface area contributed by atoms with Gasteiger partial charge in [0, 0.05) is 24.2 Å². The summed E-state index contributed by atoms with van der Waals surface area (Å²) in [6.45, 7) is 16.6. The van der Waals surface area contributed by atoms with Crippen molar-refractivity contribution in [3.8, 4) is 0 Å². The maximum absolute atomic E-state index is 12.0. The van der Waals surface area contributed by atoms with Gasteiger partial charge in [-0.15, -0.1) is 0 Å². The first-order valence-electron chi connectivity index (χ1n) is 17.0. The van der Waals surface area contributed by atoms with Crippen molar-refractivity contribution in [1.82, 2.24) is 0 Å². The molecule has 4 N–H and O–H groups in total. The molecule has 3 aliphatic heterocycles. The minimum absolute atomic E-state index is 0.00441. The first-order valence-corrected chi connectivity index (χ1v) is 17.0. The van der Waals surface area contributed by atoms with Crippen LogP contribution in [-0.4, -0.2) is 81.8 Å². The van der Waals surface area contributed by atoms with Crippen LogP contribution in [0.25, 0.3) is 0 Å². The van der Waals surface area contributed by atoms with Crippen molar-refractivity contribution < 1.29 is 39.4 Å². The van der Waals surface area contributed by atoms with Gasteiger partial charge in [0.1, 0.15) is 18.3 Å². The lowest BCUT2D eigenvalue weighted by atomic mass is 9.35. The number of hydrogen-bond acceptors (Lipinski definition) is 8. The van der Waals surface area contributed by atoms with Gasteiger partial charge in [-0.05, 0) is 93.3 Å². The number of allylic oxidation sites excluding steroid dienone is 1. The molecule has 0 aromatic rings. The molecule has 2 bridgehead atoms. The van der Waals surface area contributed by atoms with Crippen LogP contribution in [0.4, 0.5) is 0 Å². The second kappa shape index (κ2) is 9.72. The number of rotatable bonds is 3. The van der Waals surface area contributed by atoms with Crippen LogP contribution in [0.3, 0.4) is 0 Å². The fourth-order valence-electron chi connectivity index (χ4n) is 12.9. The summed E-state index contributed by atoms with van der Waals surface area (Å²) in [5.41, 5.74) is 0.410. The molecule has 0 aromatic carbocycles. The van der Waals surface area contributed by atoms with Crippen LogP contribution in [-0.2, 0) is 18.9 Å². The van der Waals surface area contributed by atoms with Gasteiger partial charge in [-0.2, -0.15) is 0 Å². The van der Waals surface area contributed by atoms with E-state index in [4.69, 9.17) is 18.9 Å². The van der Waals surface area contributed by atoms with E-state index < -0.39 is 36.0 Å². The van der Waals surface area contributed by atoms with Crippen LogP contribution in [0.1, 0.15) is 99.8 Å². The third-order valence-corrected chi connectivity index (χ3v) is 14.5. The third kappa shape index (κ3) is 4.09. The zero-order valence-corrected chi connectivity index (χ0v) is 27.3. The number of hydrogen-bond donors (Lipinski definition) is 4. The third-order valence-electron chi connectivity index (χ3n) is 14.5. The maximum Gasteiger partial charge on any atom is 0.186 e. The Morgan fingerprint density at radius 1 is 0.907 bits per heavy atom. The Kier molecular flexibility index (Phi) is 7.02. The summed E-state index contributed by atoms with van der Waals surface area (Å²) in [6, 6.07) is 0. The fraction of sp³-hybridized carbons (Fsp3) is 0.943. The molecule has 2 spiro atoms. The number of fused-ring (bicyclic) bond motifs is 4. The highest BCUT2D eigenvalue weighted by Crippen LogP contribution is 2.80. The van der Waals surface area contributed by atoms with Gasteiger partial charge < -0.3 is 39.4 Å². The molecular formula is C35H56O8. The van der Waals surface area contributed by atoms with E-state index >= 15 is 0 Å². The van der Waals surface area contributed by atoms with Gasteiger partial charge in [0.15, 0.2) is 12.1 Å². The summed E-state index contributed by atoms with van der Waals surface area (Å²) >= 11 is 0. The van der Waals surface area contributed by atoms with E-state index in [1.807, 2.05) is 6.92 Å². The predicted octanol–water partition coefficient (Wildman–Crippen LogP) is 4.32. The quantitative estimate of drug-likeness (QED) is 0.278. The van der Waals surface area contributed by atoms with Gasteiger partial charge in [0.05, 0.1) is 31.0 Å². The van der Waals surface area contributed by atoms with E-state index in [0.29, 0.717) is 24.2 Å². The normalized spacial score (nSPS) is 58.6. The van der Waals surface area contributed by atoms with Crippen molar-refractivity contribution in [3.63, 3.8) is 0 Å². The lowest BCUT2D eigenvalue weighted by molar-refractivity contribution is -0.341. The summed E-state index contributed by atoms with van der Waals surface area (Å²) in [5, 5.41) is 42.8. The average Bonchev–Trinajstić information content (AvgIpc) is 3.42. The van der Waals surface area contributed by atoms with E-state index in [0.717, 1.165) is 51.6 Å². The highest BCUT2D eigenvalue weighted by molar-refractivity contribution is 5.26. The van der Waals surface area contributed by atoms with E-state index in [2.05, 4.69) is 47.6 Å². The summed E-state index contributed by atoms with van der Waals surface area (Å²) < 4.78 is 25.8. The number of ether oxygens (including phenoxy) is 4.